The van der Waals surface area contributed by atoms with Gasteiger partial charge in [0.1, 0.15) is 23.6 Å². The number of carbonyl (C=O) groups excluding carboxylic acids is 4. The standard InChI is InChI=1S/C40H60N2O8S2/c1-15-49-35(47)29(41-33(45)23-17-25(37(3,4)5)31(43)26(18-23)38(6,7)8)21-51-52-22-30(36(48)50-16-2)42-34(46)24-19-27(39(9,10)11)32(44)28(20-24)40(12,13)14/h17-20,29-30,43-44H,15-16,21-22H2,1-14H3,(H,41,45)(H,42,46). The predicted molar refractivity (Wildman–Crippen MR) is 212 cm³/mol. The van der Waals surface area contributed by atoms with Crippen molar-refractivity contribution in [2.24, 2.45) is 0 Å². The van der Waals surface area contributed by atoms with Crippen LogP contribution in [0.4, 0.5) is 0 Å². The number of benzene rings is 2. The number of aromatic hydroxyl groups is 2. The third kappa shape index (κ3) is 12.1. The average Bonchev–Trinajstić information content (AvgIpc) is 2.99. The topological polar surface area (TPSA) is 151 Å². The molecule has 2 aromatic carbocycles. The molecule has 2 atom stereocenters. The highest BCUT2D eigenvalue weighted by atomic mass is 33.1. The molecule has 2 amide bonds. The van der Waals surface area contributed by atoms with E-state index in [1.807, 2.05) is 83.1 Å². The molecule has 0 aliphatic rings. The number of phenolic OH excluding ortho intramolecular Hbond substituents is 2. The highest BCUT2D eigenvalue weighted by molar-refractivity contribution is 8.76. The first-order valence-electron chi connectivity index (χ1n) is 17.7. The number of nitrogens with one attached hydrogen (secondary N) is 2. The number of phenols is 2. The Hall–Kier alpha value is -3.38. The van der Waals surface area contributed by atoms with Gasteiger partial charge in [0.2, 0.25) is 0 Å². The maximum absolute atomic E-state index is 13.6. The molecule has 0 saturated carbocycles. The second kappa shape index (κ2) is 17.6. The molecular formula is C40H60N2O8S2. The van der Waals surface area contributed by atoms with E-state index in [2.05, 4.69) is 10.6 Å². The van der Waals surface area contributed by atoms with E-state index in [9.17, 15) is 29.4 Å². The largest absolute Gasteiger partial charge is 0.507 e. The molecule has 0 radical (unpaired) electrons. The van der Waals surface area contributed by atoms with Gasteiger partial charge in [0, 0.05) is 44.9 Å². The normalized spacial score (nSPS) is 13.6. The Morgan fingerprint density at radius 2 is 0.808 bits per heavy atom. The lowest BCUT2D eigenvalue weighted by molar-refractivity contribution is -0.145. The highest BCUT2D eigenvalue weighted by Crippen LogP contribution is 2.41. The summed E-state index contributed by atoms with van der Waals surface area (Å²) >= 11 is 0. The maximum Gasteiger partial charge on any atom is 0.329 e. The van der Waals surface area contributed by atoms with Crippen molar-refractivity contribution in [2.45, 2.75) is 131 Å². The SMILES string of the molecule is CCOC(=O)C(CSSCC(NC(=O)c1cc(C(C)(C)C)c(O)c(C(C)(C)C)c1)C(=O)OCC)NC(=O)c1cc(C(C)(C)C)c(O)c(C(C)(C)C)c1. The van der Waals surface area contributed by atoms with Crippen LogP contribution in [0.3, 0.4) is 0 Å². The summed E-state index contributed by atoms with van der Waals surface area (Å²) in [4.78, 5) is 53.3. The van der Waals surface area contributed by atoms with Crippen LogP contribution in [0.1, 0.15) is 140 Å². The first-order valence-corrected chi connectivity index (χ1v) is 20.2. The number of amides is 2. The Morgan fingerprint density at radius 3 is 1.02 bits per heavy atom. The molecule has 0 aliphatic carbocycles. The summed E-state index contributed by atoms with van der Waals surface area (Å²) < 4.78 is 10.6. The molecule has 0 aliphatic heterocycles. The molecule has 2 aromatic rings. The van der Waals surface area contributed by atoms with Crippen LogP contribution in [-0.2, 0) is 40.7 Å². The molecule has 0 bridgehead atoms. The Balaban J connectivity index is 2.31. The summed E-state index contributed by atoms with van der Waals surface area (Å²) in [6.07, 6.45) is 0. The van der Waals surface area contributed by atoms with Crippen molar-refractivity contribution in [1.29, 1.82) is 0 Å². The van der Waals surface area contributed by atoms with Crippen molar-refractivity contribution in [2.75, 3.05) is 24.7 Å². The van der Waals surface area contributed by atoms with Gasteiger partial charge in [0.05, 0.1) is 13.2 Å². The fourth-order valence-electron chi connectivity index (χ4n) is 5.36. The van der Waals surface area contributed by atoms with Crippen LogP contribution in [0.2, 0.25) is 0 Å². The maximum atomic E-state index is 13.6. The fraction of sp³-hybridized carbons (Fsp3) is 0.600. The molecule has 0 spiro atoms. The van der Waals surface area contributed by atoms with Gasteiger partial charge in [0.25, 0.3) is 11.8 Å². The van der Waals surface area contributed by atoms with Crippen LogP contribution < -0.4 is 10.6 Å². The zero-order valence-electron chi connectivity index (χ0n) is 33.5. The van der Waals surface area contributed by atoms with Crippen molar-refractivity contribution >= 4 is 45.3 Å². The van der Waals surface area contributed by atoms with Gasteiger partial charge >= 0.3 is 11.9 Å². The van der Waals surface area contributed by atoms with E-state index in [0.717, 1.165) is 0 Å². The van der Waals surface area contributed by atoms with Crippen LogP contribution in [0.15, 0.2) is 24.3 Å². The van der Waals surface area contributed by atoms with Crippen LogP contribution in [0.25, 0.3) is 0 Å². The van der Waals surface area contributed by atoms with Crippen LogP contribution in [0.5, 0.6) is 11.5 Å². The molecule has 0 saturated heterocycles. The van der Waals surface area contributed by atoms with E-state index >= 15 is 0 Å². The summed E-state index contributed by atoms with van der Waals surface area (Å²) in [7, 11) is 2.48. The van der Waals surface area contributed by atoms with Crippen molar-refractivity contribution in [3.63, 3.8) is 0 Å². The molecule has 0 fully saturated rings. The Bertz CT molecular complexity index is 1420. The van der Waals surface area contributed by atoms with Gasteiger partial charge in [-0.3, -0.25) is 9.59 Å². The van der Waals surface area contributed by atoms with E-state index in [4.69, 9.17) is 9.47 Å². The van der Waals surface area contributed by atoms with Gasteiger partial charge in [-0.15, -0.1) is 0 Å². The van der Waals surface area contributed by atoms with Gasteiger partial charge in [-0.05, 0) is 59.8 Å². The molecule has 10 nitrogen and oxygen atoms in total. The summed E-state index contributed by atoms with van der Waals surface area (Å²) in [6, 6.07) is 4.57. The molecule has 0 aromatic heterocycles. The number of esters is 2. The minimum absolute atomic E-state index is 0.108. The van der Waals surface area contributed by atoms with Gasteiger partial charge in [-0.2, -0.15) is 0 Å². The monoisotopic (exact) mass is 760 g/mol. The number of ether oxygens (including phenoxy) is 2. The minimum Gasteiger partial charge on any atom is -0.507 e. The van der Waals surface area contributed by atoms with Crippen LogP contribution in [0, 0.1) is 0 Å². The predicted octanol–water partition coefficient (Wildman–Crippen LogP) is 7.69. The molecule has 2 unspecified atom stereocenters. The number of rotatable bonds is 13. The van der Waals surface area contributed by atoms with Crippen LogP contribution in [-0.4, -0.2) is 70.8 Å². The van der Waals surface area contributed by atoms with E-state index in [0.29, 0.717) is 33.4 Å². The molecule has 2 rings (SSSR count). The smallest absolute Gasteiger partial charge is 0.329 e. The highest BCUT2D eigenvalue weighted by Gasteiger charge is 2.32. The molecule has 52 heavy (non-hydrogen) atoms. The van der Waals surface area contributed by atoms with Crippen molar-refractivity contribution in [3.8, 4) is 11.5 Å². The van der Waals surface area contributed by atoms with Crippen molar-refractivity contribution < 1.29 is 38.9 Å². The molecule has 4 N–H and O–H groups in total. The van der Waals surface area contributed by atoms with Crippen molar-refractivity contribution in [1.82, 2.24) is 10.6 Å². The quantitative estimate of drug-likeness (QED) is 0.0909. The Labute approximate surface area is 318 Å². The van der Waals surface area contributed by atoms with E-state index in [1.165, 1.54) is 21.6 Å². The molecular weight excluding hydrogens is 701 g/mol. The third-order valence-corrected chi connectivity index (χ3v) is 10.7. The fourth-order valence-corrected chi connectivity index (χ4v) is 7.65. The lowest BCUT2D eigenvalue weighted by Crippen LogP contribution is -2.44. The Kier molecular flexibility index (Phi) is 15.2. The molecule has 12 heteroatoms. The third-order valence-electron chi connectivity index (χ3n) is 8.28. The van der Waals surface area contributed by atoms with Crippen molar-refractivity contribution in [3.05, 3.63) is 57.6 Å². The zero-order valence-corrected chi connectivity index (χ0v) is 35.1. The summed E-state index contributed by atoms with van der Waals surface area (Å²) in [5.41, 5.74) is 1.27. The number of carbonyl (C=O) groups is 4. The van der Waals surface area contributed by atoms with E-state index in [-0.39, 0.29) is 36.2 Å². The second-order valence-corrected chi connectivity index (χ2v) is 19.5. The van der Waals surface area contributed by atoms with Gasteiger partial charge in [-0.1, -0.05) is 105 Å². The van der Waals surface area contributed by atoms with Gasteiger partial charge in [-0.25, -0.2) is 9.59 Å². The average molecular weight is 761 g/mol. The summed E-state index contributed by atoms with van der Waals surface area (Å²) in [5.74, 6) is -1.70. The second-order valence-electron chi connectivity index (χ2n) is 17.0. The van der Waals surface area contributed by atoms with E-state index < -0.39 is 57.5 Å². The zero-order chi connectivity index (χ0) is 40.0. The molecule has 290 valence electrons. The number of hydrogen-bond acceptors (Lipinski definition) is 10. The lowest BCUT2D eigenvalue weighted by atomic mass is 9.78. The first kappa shape index (κ1) is 44.8. The Morgan fingerprint density at radius 1 is 0.558 bits per heavy atom. The minimum atomic E-state index is -1.02. The van der Waals surface area contributed by atoms with Gasteiger partial charge in [0.15, 0.2) is 0 Å². The van der Waals surface area contributed by atoms with Crippen LogP contribution >= 0.6 is 21.6 Å². The summed E-state index contributed by atoms with van der Waals surface area (Å²) in [5, 5.41) is 27.8. The van der Waals surface area contributed by atoms with E-state index in [1.54, 1.807) is 38.1 Å². The molecule has 0 heterocycles. The first-order chi connectivity index (χ1) is 23.7. The number of hydrogen-bond donors (Lipinski definition) is 4. The lowest BCUT2D eigenvalue weighted by Gasteiger charge is -2.28. The summed E-state index contributed by atoms with van der Waals surface area (Å²) in [6.45, 7) is 27.0. The van der Waals surface area contributed by atoms with Gasteiger partial charge < -0.3 is 30.3 Å².